The predicted molar refractivity (Wildman–Crippen MR) is 111 cm³/mol. The number of hydrogen-bond acceptors (Lipinski definition) is 5. The van der Waals surface area contributed by atoms with E-state index in [9.17, 15) is 9.59 Å². The Balaban J connectivity index is 1.81. The number of esters is 1. The topological polar surface area (TPSA) is 67.9 Å². The van der Waals surface area contributed by atoms with Crippen LogP contribution in [0.2, 0.25) is 0 Å². The molecule has 1 N–H and O–H groups in total. The molecule has 0 saturated carbocycles. The van der Waals surface area contributed by atoms with Gasteiger partial charge in [-0.1, -0.05) is 36.8 Å². The number of nitrogens with one attached hydrogen (secondary N) is 1. The van der Waals surface area contributed by atoms with Gasteiger partial charge in [-0.3, -0.25) is 4.90 Å². The lowest BCUT2D eigenvalue weighted by Gasteiger charge is -2.52. The van der Waals surface area contributed by atoms with E-state index < -0.39 is 17.2 Å². The van der Waals surface area contributed by atoms with Gasteiger partial charge in [-0.05, 0) is 58.9 Å². The molecule has 1 aromatic carbocycles. The van der Waals surface area contributed by atoms with Crippen LogP contribution < -0.4 is 5.32 Å². The van der Waals surface area contributed by atoms with Crippen molar-refractivity contribution in [1.82, 2.24) is 10.2 Å². The summed E-state index contributed by atoms with van der Waals surface area (Å²) in [6.45, 7) is 8.41. The number of fused-ring (bicyclic) bond motifs is 2. The molecule has 2 aliphatic heterocycles. The van der Waals surface area contributed by atoms with Crippen molar-refractivity contribution in [3.05, 3.63) is 35.9 Å². The average molecular weight is 403 g/mol. The molecule has 0 spiro atoms. The molecule has 2 bridgehead atoms. The van der Waals surface area contributed by atoms with Crippen molar-refractivity contribution in [2.75, 3.05) is 6.61 Å². The van der Waals surface area contributed by atoms with Crippen molar-refractivity contribution in [2.45, 2.75) is 89.6 Å². The van der Waals surface area contributed by atoms with Gasteiger partial charge in [-0.25, -0.2) is 9.59 Å². The number of carbonyl (C=O) groups excluding carboxylic acids is 2. The third-order valence-corrected chi connectivity index (χ3v) is 5.80. The van der Waals surface area contributed by atoms with Crippen LogP contribution in [0.5, 0.6) is 0 Å². The number of carbonyl (C=O) groups is 2. The molecule has 1 aromatic rings. The smallest absolute Gasteiger partial charge is 0.408 e. The number of rotatable bonds is 5. The lowest BCUT2D eigenvalue weighted by atomic mass is 9.73. The zero-order chi connectivity index (χ0) is 21.1. The number of alkyl carbamates (subject to hydrolysis) is 1. The lowest BCUT2D eigenvalue weighted by molar-refractivity contribution is -0.157. The second-order valence-electron chi connectivity index (χ2n) is 9.23. The summed E-state index contributed by atoms with van der Waals surface area (Å²) in [7, 11) is 0. The van der Waals surface area contributed by atoms with Crippen molar-refractivity contribution in [3.8, 4) is 0 Å². The monoisotopic (exact) mass is 402 g/mol. The number of piperidine rings is 2. The van der Waals surface area contributed by atoms with Gasteiger partial charge in [0.05, 0.1) is 6.61 Å². The Morgan fingerprint density at radius 2 is 1.76 bits per heavy atom. The van der Waals surface area contributed by atoms with Crippen molar-refractivity contribution >= 4 is 12.1 Å². The Morgan fingerprint density at radius 1 is 1.14 bits per heavy atom. The van der Waals surface area contributed by atoms with Crippen LogP contribution in [0.15, 0.2) is 30.3 Å². The van der Waals surface area contributed by atoms with E-state index in [0.717, 1.165) is 25.8 Å². The number of nitrogens with zero attached hydrogens (tertiary/aromatic N) is 1. The fourth-order valence-electron chi connectivity index (χ4n) is 4.69. The van der Waals surface area contributed by atoms with E-state index in [0.29, 0.717) is 19.4 Å². The largest absolute Gasteiger partial charge is 0.464 e. The molecule has 6 heteroatoms. The van der Waals surface area contributed by atoms with Gasteiger partial charge in [0.2, 0.25) is 0 Å². The third kappa shape index (κ3) is 5.30. The molecule has 0 radical (unpaired) electrons. The minimum atomic E-state index is -1.03. The van der Waals surface area contributed by atoms with E-state index >= 15 is 0 Å². The molecule has 2 atom stereocenters. The second-order valence-corrected chi connectivity index (χ2v) is 9.23. The summed E-state index contributed by atoms with van der Waals surface area (Å²) in [6.07, 6.45) is 3.72. The highest BCUT2D eigenvalue weighted by Gasteiger charge is 2.52. The van der Waals surface area contributed by atoms with Gasteiger partial charge in [0.25, 0.3) is 0 Å². The molecule has 29 heavy (non-hydrogen) atoms. The molecule has 2 unspecified atom stereocenters. The molecule has 2 heterocycles. The van der Waals surface area contributed by atoms with Gasteiger partial charge in [0.15, 0.2) is 0 Å². The summed E-state index contributed by atoms with van der Waals surface area (Å²) in [4.78, 5) is 28.1. The standard InChI is InChI=1S/C23H34N2O4/c1-5-28-20(26)23(24-21(27)29-22(2,3)4)14-18-12-9-13-19(15-23)25(18)16-17-10-7-6-8-11-17/h6-8,10-11,18-19H,5,9,12-16H2,1-4H3,(H,24,27). The van der Waals surface area contributed by atoms with Gasteiger partial charge < -0.3 is 14.8 Å². The zero-order valence-electron chi connectivity index (χ0n) is 18.1. The van der Waals surface area contributed by atoms with Crippen LogP contribution in [0, 0.1) is 0 Å². The Morgan fingerprint density at radius 3 is 2.31 bits per heavy atom. The van der Waals surface area contributed by atoms with Crippen LogP contribution in [0.3, 0.4) is 0 Å². The van der Waals surface area contributed by atoms with Crippen LogP contribution in [0.1, 0.15) is 65.4 Å². The van der Waals surface area contributed by atoms with E-state index in [1.54, 1.807) is 6.92 Å². The molecule has 6 nitrogen and oxygen atoms in total. The van der Waals surface area contributed by atoms with Crippen molar-refractivity contribution in [3.63, 3.8) is 0 Å². The summed E-state index contributed by atoms with van der Waals surface area (Å²) in [5.74, 6) is -0.345. The summed E-state index contributed by atoms with van der Waals surface area (Å²) in [5, 5.41) is 2.92. The molecule has 0 aliphatic carbocycles. The summed E-state index contributed by atoms with van der Waals surface area (Å²) in [6, 6.07) is 10.9. The lowest BCUT2D eigenvalue weighted by Crippen LogP contribution is -2.67. The molecule has 160 valence electrons. The van der Waals surface area contributed by atoms with Crippen LogP contribution in [-0.2, 0) is 20.8 Å². The van der Waals surface area contributed by atoms with E-state index in [4.69, 9.17) is 9.47 Å². The maximum absolute atomic E-state index is 13.0. The number of benzene rings is 1. The Labute approximate surface area is 173 Å². The van der Waals surface area contributed by atoms with Gasteiger partial charge in [0.1, 0.15) is 11.1 Å². The zero-order valence-corrected chi connectivity index (χ0v) is 18.1. The van der Waals surface area contributed by atoms with Crippen LogP contribution >= 0.6 is 0 Å². The number of amides is 1. The quantitative estimate of drug-likeness (QED) is 0.753. The highest BCUT2D eigenvalue weighted by molar-refractivity contribution is 5.86. The van der Waals surface area contributed by atoms with Gasteiger partial charge in [0, 0.05) is 18.6 Å². The van der Waals surface area contributed by atoms with E-state index in [-0.39, 0.29) is 18.1 Å². The van der Waals surface area contributed by atoms with Crippen molar-refractivity contribution < 1.29 is 19.1 Å². The third-order valence-electron chi connectivity index (χ3n) is 5.80. The molecule has 0 aromatic heterocycles. The Hall–Kier alpha value is -2.08. The Bertz CT molecular complexity index is 699. The van der Waals surface area contributed by atoms with E-state index in [1.165, 1.54) is 5.56 Å². The maximum atomic E-state index is 13.0. The highest BCUT2D eigenvalue weighted by Crippen LogP contribution is 2.41. The first-order chi connectivity index (χ1) is 13.7. The summed E-state index contributed by atoms with van der Waals surface area (Å²) < 4.78 is 10.9. The molecule has 2 fully saturated rings. The molecular formula is C23H34N2O4. The van der Waals surface area contributed by atoms with Crippen molar-refractivity contribution in [2.24, 2.45) is 0 Å². The minimum Gasteiger partial charge on any atom is -0.464 e. The molecule has 3 rings (SSSR count). The van der Waals surface area contributed by atoms with Crippen LogP contribution in [0.4, 0.5) is 4.79 Å². The van der Waals surface area contributed by atoms with Gasteiger partial charge in [-0.15, -0.1) is 0 Å². The fraction of sp³-hybridized carbons (Fsp3) is 0.652. The normalized spacial score (nSPS) is 27.2. The van der Waals surface area contributed by atoms with E-state index in [1.807, 2.05) is 26.8 Å². The summed E-state index contributed by atoms with van der Waals surface area (Å²) >= 11 is 0. The molecule has 2 aliphatic rings. The number of ether oxygens (including phenoxy) is 2. The number of hydrogen-bond donors (Lipinski definition) is 1. The summed E-state index contributed by atoms with van der Waals surface area (Å²) in [5.41, 5.74) is -0.376. The van der Waals surface area contributed by atoms with Crippen LogP contribution in [0.25, 0.3) is 0 Å². The first kappa shape index (κ1) is 21.6. The van der Waals surface area contributed by atoms with E-state index in [2.05, 4.69) is 34.5 Å². The van der Waals surface area contributed by atoms with Gasteiger partial charge >= 0.3 is 12.1 Å². The SMILES string of the molecule is CCOC(=O)C1(NC(=O)OC(C)(C)C)CC2CCCC(C1)N2Cc1ccccc1. The first-order valence-electron chi connectivity index (χ1n) is 10.7. The molecule has 1 amide bonds. The Kier molecular flexibility index (Phi) is 6.52. The van der Waals surface area contributed by atoms with Crippen LogP contribution in [-0.4, -0.2) is 46.8 Å². The predicted octanol–water partition coefficient (Wildman–Crippen LogP) is 4.03. The fourth-order valence-corrected chi connectivity index (χ4v) is 4.69. The molecule has 2 saturated heterocycles. The van der Waals surface area contributed by atoms with Gasteiger partial charge in [-0.2, -0.15) is 0 Å². The minimum absolute atomic E-state index is 0.224. The highest BCUT2D eigenvalue weighted by atomic mass is 16.6. The average Bonchev–Trinajstić information content (AvgIpc) is 2.62. The maximum Gasteiger partial charge on any atom is 0.408 e. The second kappa shape index (κ2) is 8.74. The first-order valence-corrected chi connectivity index (χ1v) is 10.7. The van der Waals surface area contributed by atoms with Crippen molar-refractivity contribution in [1.29, 1.82) is 0 Å². The molecular weight excluding hydrogens is 368 g/mol.